The second kappa shape index (κ2) is 5.44. The van der Waals surface area contributed by atoms with Gasteiger partial charge >= 0.3 is 0 Å². The second-order valence-electron chi connectivity index (χ2n) is 4.86. The van der Waals surface area contributed by atoms with Crippen molar-refractivity contribution in [2.24, 2.45) is 0 Å². The van der Waals surface area contributed by atoms with E-state index >= 15 is 0 Å². The number of anilines is 1. The molecular formula is C15H15N5O2. The third kappa shape index (κ3) is 2.37. The topological polar surface area (TPSA) is 92.8 Å². The highest BCUT2D eigenvalue weighted by Gasteiger charge is 2.14. The molecular weight excluding hydrogens is 282 g/mol. The number of aromatic nitrogens is 4. The van der Waals surface area contributed by atoms with Crippen LogP contribution in [0, 0.1) is 13.8 Å². The molecule has 0 aromatic carbocycles. The van der Waals surface area contributed by atoms with Crippen LogP contribution in [0.3, 0.4) is 0 Å². The fourth-order valence-corrected chi connectivity index (χ4v) is 2.20. The molecule has 112 valence electrons. The van der Waals surface area contributed by atoms with E-state index < -0.39 is 0 Å². The van der Waals surface area contributed by atoms with Crippen LogP contribution in [-0.4, -0.2) is 33.0 Å². The molecule has 0 saturated heterocycles. The molecule has 0 bridgehead atoms. The van der Waals surface area contributed by atoms with Crippen LogP contribution < -0.4 is 10.1 Å². The summed E-state index contributed by atoms with van der Waals surface area (Å²) in [5, 5.41) is 3.62. The molecule has 3 heterocycles. The molecule has 0 aliphatic carbocycles. The summed E-state index contributed by atoms with van der Waals surface area (Å²) in [6.07, 6.45) is 2.88. The molecule has 7 heteroatoms. The van der Waals surface area contributed by atoms with Crippen molar-refractivity contribution < 1.29 is 9.53 Å². The van der Waals surface area contributed by atoms with Crippen molar-refractivity contribution in [3.8, 4) is 5.88 Å². The number of fused-ring (bicyclic) bond motifs is 1. The van der Waals surface area contributed by atoms with Crippen molar-refractivity contribution in [3.63, 3.8) is 0 Å². The Morgan fingerprint density at radius 3 is 2.73 bits per heavy atom. The second-order valence-corrected chi connectivity index (χ2v) is 4.86. The van der Waals surface area contributed by atoms with Gasteiger partial charge in [-0.05, 0) is 25.5 Å². The lowest BCUT2D eigenvalue weighted by molar-refractivity contribution is 0.102. The van der Waals surface area contributed by atoms with Crippen molar-refractivity contribution in [3.05, 3.63) is 41.5 Å². The predicted molar refractivity (Wildman–Crippen MR) is 82.1 cm³/mol. The van der Waals surface area contributed by atoms with Gasteiger partial charge in [0.2, 0.25) is 5.88 Å². The van der Waals surface area contributed by atoms with Crippen molar-refractivity contribution in [1.82, 2.24) is 19.9 Å². The van der Waals surface area contributed by atoms with Gasteiger partial charge in [0.05, 0.1) is 18.1 Å². The quantitative estimate of drug-likeness (QED) is 0.773. The Morgan fingerprint density at radius 2 is 2.05 bits per heavy atom. The Labute approximate surface area is 126 Å². The molecule has 3 rings (SSSR count). The van der Waals surface area contributed by atoms with Gasteiger partial charge in [0.25, 0.3) is 5.91 Å². The van der Waals surface area contributed by atoms with Gasteiger partial charge in [0.15, 0.2) is 0 Å². The Balaban J connectivity index is 1.93. The maximum absolute atomic E-state index is 12.3. The summed E-state index contributed by atoms with van der Waals surface area (Å²) in [4.78, 5) is 27.9. The third-order valence-electron chi connectivity index (χ3n) is 3.53. The van der Waals surface area contributed by atoms with Crippen LogP contribution >= 0.6 is 0 Å². The van der Waals surface area contributed by atoms with Crippen LogP contribution in [0.5, 0.6) is 5.88 Å². The molecule has 0 fully saturated rings. The number of aryl methyl sites for hydroxylation is 2. The minimum absolute atomic E-state index is 0.284. The molecule has 7 nitrogen and oxygen atoms in total. The largest absolute Gasteiger partial charge is 0.481 e. The van der Waals surface area contributed by atoms with Crippen LogP contribution in [0.4, 0.5) is 5.82 Å². The fraction of sp³-hybridized carbons (Fsp3) is 0.200. The van der Waals surface area contributed by atoms with Gasteiger partial charge in [-0.3, -0.25) is 4.79 Å². The molecule has 3 aromatic rings. The molecule has 22 heavy (non-hydrogen) atoms. The number of nitrogens with one attached hydrogen (secondary N) is 2. The number of hydrogen-bond acceptors (Lipinski definition) is 5. The molecule has 0 atom stereocenters. The summed E-state index contributed by atoms with van der Waals surface area (Å²) in [5.74, 6) is 0.652. The molecule has 1 amide bonds. The van der Waals surface area contributed by atoms with Gasteiger partial charge in [0, 0.05) is 18.0 Å². The summed E-state index contributed by atoms with van der Waals surface area (Å²) in [5.41, 5.74) is 3.14. The number of H-pyrrole nitrogens is 1. The Morgan fingerprint density at radius 1 is 1.23 bits per heavy atom. The molecule has 0 spiro atoms. The molecule has 0 saturated carbocycles. The SMILES string of the molecule is COc1ccc(C(=O)Nc2ncnc3[nH]c(C)c(C)c23)cn1. The smallest absolute Gasteiger partial charge is 0.258 e. The standard InChI is InChI=1S/C15H15N5O2/c1-8-9(2)19-13-12(8)14(18-7-17-13)20-15(21)10-4-5-11(22-3)16-6-10/h4-7H,1-3H3,(H2,17,18,19,20,21). The normalized spacial score (nSPS) is 10.7. The number of hydrogen-bond donors (Lipinski definition) is 2. The molecule has 0 aliphatic heterocycles. The van der Waals surface area contributed by atoms with E-state index in [1.807, 2.05) is 13.8 Å². The third-order valence-corrected chi connectivity index (χ3v) is 3.53. The molecule has 3 aromatic heterocycles. The van der Waals surface area contributed by atoms with Gasteiger partial charge in [0.1, 0.15) is 17.8 Å². The zero-order valence-corrected chi connectivity index (χ0v) is 12.5. The first-order valence-electron chi connectivity index (χ1n) is 6.71. The van der Waals surface area contributed by atoms with E-state index in [1.54, 1.807) is 12.1 Å². The zero-order chi connectivity index (χ0) is 15.7. The number of amides is 1. The molecule has 2 N–H and O–H groups in total. The highest BCUT2D eigenvalue weighted by molar-refractivity contribution is 6.07. The molecule has 0 unspecified atom stereocenters. The van der Waals surface area contributed by atoms with Crippen LogP contribution in [0.2, 0.25) is 0 Å². The van der Waals surface area contributed by atoms with E-state index in [0.717, 1.165) is 16.6 Å². The lowest BCUT2D eigenvalue weighted by atomic mass is 10.2. The Kier molecular flexibility index (Phi) is 3.46. The number of ether oxygens (including phenoxy) is 1. The number of pyridine rings is 1. The van der Waals surface area contributed by atoms with Crippen molar-refractivity contribution in [1.29, 1.82) is 0 Å². The van der Waals surface area contributed by atoms with Gasteiger partial charge < -0.3 is 15.0 Å². The zero-order valence-electron chi connectivity index (χ0n) is 12.5. The minimum atomic E-state index is -0.284. The number of carbonyl (C=O) groups excluding carboxylic acids is 1. The molecule has 0 aliphatic rings. The first-order valence-corrected chi connectivity index (χ1v) is 6.71. The number of aromatic amines is 1. The van der Waals surface area contributed by atoms with Gasteiger partial charge in [-0.1, -0.05) is 0 Å². The van der Waals surface area contributed by atoms with E-state index in [4.69, 9.17) is 4.74 Å². The minimum Gasteiger partial charge on any atom is -0.481 e. The fourth-order valence-electron chi connectivity index (χ4n) is 2.20. The van der Waals surface area contributed by atoms with Gasteiger partial charge in [-0.15, -0.1) is 0 Å². The van der Waals surface area contributed by atoms with E-state index in [2.05, 4.69) is 25.3 Å². The maximum atomic E-state index is 12.3. The number of methoxy groups -OCH3 is 1. The highest BCUT2D eigenvalue weighted by atomic mass is 16.5. The average Bonchev–Trinajstić information content (AvgIpc) is 2.83. The van der Waals surface area contributed by atoms with E-state index in [9.17, 15) is 4.79 Å². The molecule has 0 radical (unpaired) electrons. The van der Waals surface area contributed by atoms with Gasteiger partial charge in [-0.25, -0.2) is 15.0 Å². The highest BCUT2D eigenvalue weighted by Crippen LogP contribution is 2.25. The van der Waals surface area contributed by atoms with E-state index in [-0.39, 0.29) is 5.91 Å². The summed E-state index contributed by atoms with van der Waals surface area (Å²) in [6.45, 7) is 3.91. The summed E-state index contributed by atoms with van der Waals surface area (Å²) < 4.78 is 4.98. The summed E-state index contributed by atoms with van der Waals surface area (Å²) >= 11 is 0. The monoisotopic (exact) mass is 297 g/mol. The van der Waals surface area contributed by atoms with Crippen molar-refractivity contribution >= 4 is 22.8 Å². The number of carbonyl (C=O) groups is 1. The van der Waals surface area contributed by atoms with Gasteiger partial charge in [-0.2, -0.15) is 0 Å². The lowest BCUT2D eigenvalue weighted by Gasteiger charge is -2.06. The first kappa shape index (κ1) is 14.0. The van der Waals surface area contributed by atoms with E-state index in [0.29, 0.717) is 22.9 Å². The summed E-state index contributed by atoms with van der Waals surface area (Å²) in [6, 6.07) is 3.28. The summed E-state index contributed by atoms with van der Waals surface area (Å²) in [7, 11) is 1.52. The number of nitrogens with zero attached hydrogens (tertiary/aromatic N) is 3. The first-order chi connectivity index (χ1) is 10.6. The van der Waals surface area contributed by atoms with E-state index in [1.165, 1.54) is 19.6 Å². The van der Waals surface area contributed by atoms with Crippen molar-refractivity contribution in [2.75, 3.05) is 12.4 Å². The Bertz CT molecular complexity index is 839. The van der Waals surface area contributed by atoms with Crippen LogP contribution in [0.1, 0.15) is 21.6 Å². The maximum Gasteiger partial charge on any atom is 0.258 e. The van der Waals surface area contributed by atoms with Crippen molar-refractivity contribution in [2.45, 2.75) is 13.8 Å². The predicted octanol–water partition coefficient (Wildman–Crippen LogP) is 2.23. The number of rotatable bonds is 3. The average molecular weight is 297 g/mol. The van der Waals surface area contributed by atoms with Crippen LogP contribution in [0.25, 0.3) is 11.0 Å². The van der Waals surface area contributed by atoms with Crippen LogP contribution in [0.15, 0.2) is 24.7 Å². The van der Waals surface area contributed by atoms with Crippen LogP contribution in [-0.2, 0) is 0 Å². The Hall–Kier alpha value is -2.96. The lowest BCUT2D eigenvalue weighted by Crippen LogP contribution is -2.13.